The van der Waals surface area contributed by atoms with Gasteiger partial charge in [0.15, 0.2) is 29.2 Å². The summed E-state index contributed by atoms with van der Waals surface area (Å²) in [5.74, 6) is 3.07. The van der Waals surface area contributed by atoms with Crippen molar-refractivity contribution in [1.82, 2.24) is 5.32 Å². The number of quaternary nitrogens is 1. The van der Waals surface area contributed by atoms with Crippen molar-refractivity contribution in [1.29, 1.82) is 0 Å². The Balaban J connectivity index is 1.55. The molecule has 4 N–H and O–H groups in total. The minimum absolute atomic E-state index is 0.101. The Labute approximate surface area is 186 Å². The molecule has 2 aliphatic rings. The smallest absolute Gasteiger partial charge is 0.231 e. The molecule has 5 rings (SSSR count). The van der Waals surface area contributed by atoms with Crippen molar-refractivity contribution >= 4 is 5.70 Å². The van der Waals surface area contributed by atoms with E-state index in [1.165, 1.54) is 0 Å². The second-order valence-electron chi connectivity index (χ2n) is 7.66. The number of hydrogen-bond acceptors (Lipinski definition) is 6. The number of phenols is 1. The maximum absolute atomic E-state index is 10.5. The summed E-state index contributed by atoms with van der Waals surface area (Å²) in [5.41, 5.74) is 3.79. The van der Waals surface area contributed by atoms with Crippen LogP contribution in [0.25, 0.3) is 5.70 Å². The van der Waals surface area contributed by atoms with Gasteiger partial charge in [0, 0.05) is 22.9 Å². The fourth-order valence-electron chi connectivity index (χ4n) is 4.15. The van der Waals surface area contributed by atoms with Gasteiger partial charge in [0.05, 0.1) is 19.8 Å². The van der Waals surface area contributed by atoms with Gasteiger partial charge in [-0.15, -0.1) is 0 Å². The highest BCUT2D eigenvalue weighted by molar-refractivity contribution is 5.68. The molecule has 2 heterocycles. The molecule has 0 radical (unpaired) electrons. The number of aromatic hydroxyl groups is 1. The van der Waals surface area contributed by atoms with E-state index in [9.17, 15) is 5.11 Å². The first-order valence-corrected chi connectivity index (χ1v) is 10.4. The van der Waals surface area contributed by atoms with Gasteiger partial charge in [-0.3, -0.25) is 0 Å². The largest absolute Gasteiger partial charge is 0.507 e. The topological polar surface area (TPSA) is 85.8 Å². The minimum Gasteiger partial charge on any atom is -0.507 e. The third-order valence-corrected chi connectivity index (χ3v) is 5.80. The third kappa shape index (κ3) is 3.67. The van der Waals surface area contributed by atoms with Crippen molar-refractivity contribution in [3.05, 3.63) is 83.4 Å². The highest BCUT2D eigenvalue weighted by Crippen LogP contribution is 2.36. The number of para-hydroxylation sites is 1. The fourth-order valence-corrected chi connectivity index (χ4v) is 4.15. The van der Waals surface area contributed by atoms with E-state index in [1.54, 1.807) is 20.3 Å². The molecule has 0 saturated heterocycles. The van der Waals surface area contributed by atoms with Crippen LogP contribution >= 0.6 is 0 Å². The molecule has 0 spiro atoms. The Morgan fingerprint density at radius 1 is 0.938 bits per heavy atom. The summed E-state index contributed by atoms with van der Waals surface area (Å²) in [7, 11) is 3.25. The number of nitrogens with two attached hydrogens (primary N) is 1. The highest BCUT2D eigenvalue weighted by atomic mass is 16.7. The van der Waals surface area contributed by atoms with Gasteiger partial charge in [-0.2, -0.15) is 0 Å². The Morgan fingerprint density at radius 3 is 2.56 bits per heavy atom. The lowest BCUT2D eigenvalue weighted by molar-refractivity contribution is -0.731. The maximum atomic E-state index is 10.5. The Morgan fingerprint density at radius 2 is 1.75 bits per heavy atom. The molecule has 2 aliphatic heterocycles. The van der Waals surface area contributed by atoms with Crippen molar-refractivity contribution in [3.8, 4) is 28.7 Å². The zero-order valence-corrected chi connectivity index (χ0v) is 17.9. The van der Waals surface area contributed by atoms with Crippen LogP contribution in [0.2, 0.25) is 0 Å². The first-order chi connectivity index (χ1) is 15.7. The van der Waals surface area contributed by atoms with Crippen LogP contribution in [0, 0.1) is 0 Å². The Kier molecular flexibility index (Phi) is 5.25. The van der Waals surface area contributed by atoms with Crippen molar-refractivity contribution in [2.45, 2.75) is 12.2 Å². The highest BCUT2D eigenvalue weighted by Gasteiger charge is 2.30. The van der Waals surface area contributed by atoms with E-state index in [1.807, 2.05) is 54.6 Å². The van der Waals surface area contributed by atoms with Crippen LogP contribution in [0.3, 0.4) is 0 Å². The van der Waals surface area contributed by atoms with E-state index in [4.69, 9.17) is 18.9 Å². The number of phenolic OH excluding ortho intramolecular Hbond substituents is 1. The molecule has 7 nitrogen and oxygen atoms in total. The van der Waals surface area contributed by atoms with Crippen LogP contribution < -0.4 is 29.6 Å². The van der Waals surface area contributed by atoms with E-state index in [0.29, 0.717) is 11.5 Å². The number of nitrogens with one attached hydrogen (secondary N) is 1. The lowest BCUT2D eigenvalue weighted by Crippen LogP contribution is -2.89. The number of fused-ring (bicyclic) bond motifs is 1. The van der Waals surface area contributed by atoms with Crippen LogP contribution in [0.4, 0.5) is 0 Å². The van der Waals surface area contributed by atoms with E-state index < -0.39 is 0 Å². The van der Waals surface area contributed by atoms with Gasteiger partial charge in [0.1, 0.15) is 11.8 Å². The second-order valence-corrected chi connectivity index (χ2v) is 7.66. The maximum Gasteiger partial charge on any atom is 0.231 e. The minimum atomic E-state index is -0.121. The summed E-state index contributed by atoms with van der Waals surface area (Å²) in [6.45, 7) is 0.230. The fraction of sp³-hybridized carbons (Fsp3) is 0.200. The molecule has 0 aliphatic carbocycles. The lowest BCUT2D eigenvalue weighted by Gasteiger charge is -2.30. The van der Waals surface area contributed by atoms with Gasteiger partial charge < -0.3 is 34.7 Å². The molecule has 2 unspecified atom stereocenters. The molecule has 0 saturated carbocycles. The molecule has 0 aromatic heterocycles. The molecular weight excluding hydrogens is 408 g/mol. The van der Waals surface area contributed by atoms with E-state index in [-0.39, 0.29) is 24.8 Å². The van der Waals surface area contributed by atoms with Crippen LogP contribution in [0.5, 0.6) is 28.7 Å². The summed E-state index contributed by atoms with van der Waals surface area (Å²) in [5, 5.41) is 16.3. The average molecular weight is 433 g/mol. The van der Waals surface area contributed by atoms with Crippen molar-refractivity contribution < 1.29 is 29.4 Å². The zero-order chi connectivity index (χ0) is 22.1. The number of ether oxygens (including phenoxy) is 4. The SMILES string of the molecule is COc1ccc(C2NC(c3ccc4c(c3)OCO4)=CC(c3ccccc3O)[NH2+]2)cc1OC. The van der Waals surface area contributed by atoms with Crippen molar-refractivity contribution in [2.24, 2.45) is 0 Å². The molecule has 7 heteroatoms. The predicted octanol–water partition coefficient (Wildman–Crippen LogP) is 3.09. The first kappa shape index (κ1) is 20.1. The third-order valence-electron chi connectivity index (χ3n) is 5.80. The molecule has 164 valence electrons. The molecule has 3 aromatic rings. The standard InChI is InChI=1S/C25H24N2O5/c1-29-21-9-8-16(12-23(21)30-2)25-26-18(15-7-10-22-24(11-15)32-14-31-22)13-19(27-25)17-5-3-4-6-20(17)28/h3-13,19,25-28H,14H2,1-2H3/p+1. The quantitative estimate of drug-likeness (QED) is 0.573. The summed E-state index contributed by atoms with van der Waals surface area (Å²) in [4.78, 5) is 0. The normalized spacial score (nSPS) is 19.1. The van der Waals surface area contributed by atoms with Crippen LogP contribution in [-0.2, 0) is 0 Å². The van der Waals surface area contributed by atoms with Gasteiger partial charge in [-0.25, -0.2) is 0 Å². The van der Waals surface area contributed by atoms with Gasteiger partial charge in [-0.05, 0) is 48.5 Å². The van der Waals surface area contributed by atoms with Crippen molar-refractivity contribution in [3.63, 3.8) is 0 Å². The van der Waals surface area contributed by atoms with Crippen molar-refractivity contribution in [2.75, 3.05) is 21.0 Å². The van der Waals surface area contributed by atoms with E-state index in [2.05, 4.69) is 16.7 Å². The monoisotopic (exact) mass is 433 g/mol. The second kappa shape index (κ2) is 8.36. The van der Waals surface area contributed by atoms with Crippen LogP contribution in [-0.4, -0.2) is 26.1 Å². The molecular formula is C25H25N2O5+. The van der Waals surface area contributed by atoms with Gasteiger partial charge in [0.2, 0.25) is 6.79 Å². The first-order valence-electron chi connectivity index (χ1n) is 10.4. The number of hydrogen-bond donors (Lipinski definition) is 3. The molecule has 0 amide bonds. The summed E-state index contributed by atoms with van der Waals surface area (Å²) >= 11 is 0. The molecule has 0 fully saturated rings. The molecule has 32 heavy (non-hydrogen) atoms. The average Bonchev–Trinajstić information content (AvgIpc) is 3.31. The van der Waals surface area contributed by atoms with Gasteiger partial charge in [-0.1, -0.05) is 12.1 Å². The number of methoxy groups -OCH3 is 2. The molecule has 0 bridgehead atoms. The Bertz CT molecular complexity index is 1180. The van der Waals surface area contributed by atoms with E-state index in [0.717, 1.165) is 33.9 Å². The van der Waals surface area contributed by atoms with Gasteiger partial charge in [0.25, 0.3) is 0 Å². The summed E-state index contributed by atoms with van der Waals surface area (Å²) in [6, 6.07) is 19.1. The predicted molar refractivity (Wildman–Crippen MR) is 119 cm³/mol. The number of rotatable bonds is 5. The van der Waals surface area contributed by atoms with E-state index >= 15 is 0 Å². The molecule has 2 atom stereocenters. The lowest BCUT2D eigenvalue weighted by atomic mass is 9.97. The zero-order valence-electron chi connectivity index (χ0n) is 17.9. The Hall–Kier alpha value is -3.84. The summed E-state index contributed by atoms with van der Waals surface area (Å²) in [6.07, 6.45) is 1.99. The number of benzene rings is 3. The van der Waals surface area contributed by atoms with Crippen LogP contribution in [0.1, 0.15) is 28.9 Å². The molecule has 3 aromatic carbocycles. The van der Waals surface area contributed by atoms with Crippen LogP contribution in [0.15, 0.2) is 66.7 Å². The summed E-state index contributed by atoms with van der Waals surface area (Å²) < 4.78 is 21.9. The van der Waals surface area contributed by atoms with Gasteiger partial charge >= 0.3 is 0 Å².